The normalized spacial score (nSPS) is 11.6. The Balaban J connectivity index is 2.28. The van der Waals surface area contributed by atoms with E-state index >= 15 is 0 Å². The molecule has 0 unspecified atom stereocenters. The molecule has 0 aliphatic rings. The highest BCUT2D eigenvalue weighted by Gasteiger charge is 2.41. The molecule has 0 bridgehead atoms. The van der Waals surface area contributed by atoms with Gasteiger partial charge in [-0.15, -0.1) is 5.10 Å². The van der Waals surface area contributed by atoms with Crippen LogP contribution in [-0.2, 0) is 6.42 Å². The van der Waals surface area contributed by atoms with E-state index in [1.165, 1.54) is 0 Å². The topological polar surface area (TPSA) is 47.8 Å². The van der Waals surface area contributed by atoms with Gasteiger partial charge in [-0.25, -0.2) is 4.68 Å². The van der Waals surface area contributed by atoms with Crippen molar-refractivity contribution in [2.75, 3.05) is 0 Å². The molecule has 0 radical (unpaired) electrons. The Morgan fingerprint density at radius 2 is 1.89 bits per heavy atom. The molecule has 0 fully saturated rings. The third kappa shape index (κ3) is 2.81. The van der Waals surface area contributed by atoms with Crippen LogP contribution in [0.1, 0.15) is 23.0 Å². The SMILES string of the molecule is CCc1ccc(-n2cc(C(=O)C(F)(F)F)nn2)cc1. The summed E-state index contributed by atoms with van der Waals surface area (Å²) in [6, 6.07) is 7.08. The van der Waals surface area contributed by atoms with Gasteiger partial charge in [0.25, 0.3) is 5.78 Å². The Bertz CT molecular complexity index is 587. The third-order valence-electron chi connectivity index (χ3n) is 2.59. The van der Waals surface area contributed by atoms with Crippen LogP contribution in [0.25, 0.3) is 5.69 Å². The third-order valence-corrected chi connectivity index (χ3v) is 2.59. The van der Waals surface area contributed by atoms with E-state index in [0.717, 1.165) is 22.9 Å². The summed E-state index contributed by atoms with van der Waals surface area (Å²) in [6.07, 6.45) is -3.11. The number of ketones is 1. The molecule has 7 heteroatoms. The van der Waals surface area contributed by atoms with Crippen molar-refractivity contribution in [3.8, 4) is 5.69 Å². The van der Waals surface area contributed by atoms with Gasteiger partial charge >= 0.3 is 6.18 Å². The molecule has 2 rings (SSSR count). The average Bonchev–Trinajstić information content (AvgIpc) is 2.86. The lowest BCUT2D eigenvalue weighted by molar-refractivity contribution is -0.0888. The first-order valence-electron chi connectivity index (χ1n) is 5.55. The molecule has 4 nitrogen and oxygen atoms in total. The summed E-state index contributed by atoms with van der Waals surface area (Å²) in [5.41, 5.74) is 0.924. The number of carbonyl (C=O) groups excluding carboxylic acids is 1. The van der Waals surface area contributed by atoms with Gasteiger partial charge in [-0.3, -0.25) is 4.79 Å². The molecule has 0 amide bonds. The fraction of sp³-hybridized carbons (Fsp3) is 0.250. The molecule has 2 aromatic rings. The van der Waals surface area contributed by atoms with E-state index in [0.29, 0.717) is 5.69 Å². The summed E-state index contributed by atoms with van der Waals surface area (Å²) in [7, 11) is 0. The number of aryl methyl sites for hydroxylation is 1. The monoisotopic (exact) mass is 269 g/mol. The molecule has 0 N–H and O–H groups in total. The van der Waals surface area contributed by atoms with Crippen molar-refractivity contribution in [3.05, 3.63) is 41.7 Å². The summed E-state index contributed by atoms with van der Waals surface area (Å²) < 4.78 is 37.8. The molecule has 0 saturated carbocycles. The highest BCUT2D eigenvalue weighted by molar-refractivity contribution is 5.98. The predicted octanol–water partition coefficient (Wildman–Crippen LogP) is 2.57. The second-order valence-electron chi connectivity index (χ2n) is 3.90. The molecule has 0 aliphatic carbocycles. The van der Waals surface area contributed by atoms with Crippen LogP contribution in [-0.4, -0.2) is 27.0 Å². The number of hydrogen-bond acceptors (Lipinski definition) is 3. The fourth-order valence-corrected chi connectivity index (χ4v) is 1.52. The number of carbonyl (C=O) groups is 1. The molecular formula is C12H10F3N3O. The number of Topliss-reactive ketones (excluding diaryl/α,β-unsaturated/α-hetero) is 1. The summed E-state index contributed by atoms with van der Waals surface area (Å²) in [5.74, 6) is -2.00. The summed E-state index contributed by atoms with van der Waals surface area (Å²) in [5, 5.41) is 6.77. The minimum absolute atomic E-state index is 0.547. The maximum atomic E-state index is 12.2. The van der Waals surface area contributed by atoms with Crippen LogP contribution in [0.4, 0.5) is 13.2 Å². The minimum atomic E-state index is -4.94. The highest BCUT2D eigenvalue weighted by Crippen LogP contribution is 2.20. The summed E-state index contributed by atoms with van der Waals surface area (Å²) in [6.45, 7) is 1.99. The Morgan fingerprint density at radius 1 is 1.26 bits per heavy atom. The largest absolute Gasteiger partial charge is 0.456 e. The second-order valence-corrected chi connectivity index (χ2v) is 3.90. The first kappa shape index (κ1) is 13.3. The standard InChI is InChI=1S/C12H10F3N3O/c1-2-8-3-5-9(6-4-8)18-7-10(16-17-18)11(19)12(13,14)15/h3-7H,2H2,1H3. The van der Waals surface area contributed by atoms with Gasteiger partial charge in [-0.2, -0.15) is 13.2 Å². The smallest absolute Gasteiger partial charge is 0.282 e. The molecule has 1 aromatic heterocycles. The second kappa shape index (κ2) is 4.83. The first-order chi connectivity index (χ1) is 8.91. The van der Waals surface area contributed by atoms with Gasteiger partial charge in [-0.05, 0) is 24.1 Å². The van der Waals surface area contributed by atoms with Crippen molar-refractivity contribution in [2.24, 2.45) is 0 Å². The van der Waals surface area contributed by atoms with Crippen molar-refractivity contribution in [3.63, 3.8) is 0 Å². The molecule has 0 aliphatic heterocycles. The van der Waals surface area contributed by atoms with E-state index in [2.05, 4.69) is 10.3 Å². The van der Waals surface area contributed by atoms with Crippen LogP contribution in [0.5, 0.6) is 0 Å². The van der Waals surface area contributed by atoms with E-state index in [1.54, 1.807) is 12.1 Å². The zero-order valence-corrected chi connectivity index (χ0v) is 9.98. The number of alkyl halides is 3. The first-order valence-corrected chi connectivity index (χ1v) is 5.55. The van der Waals surface area contributed by atoms with Crippen LogP contribution in [0, 0.1) is 0 Å². The number of hydrogen-bond donors (Lipinski definition) is 0. The van der Waals surface area contributed by atoms with E-state index in [1.807, 2.05) is 19.1 Å². The van der Waals surface area contributed by atoms with Gasteiger partial charge in [-0.1, -0.05) is 24.3 Å². The van der Waals surface area contributed by atoms with Gasteiger partial charge in [0.05, 0.1) is 11.9 Å². The van der Waals surface area contributed by atoms with Gasteiger partial charge in [0.1, 0.15) is 0 Å². The Labute approximate surface area is 106 Å². The fourth-order valence-electron chi connectivity index (χ4n) is 1.52. The minimum Gasteiger partial charge on any atom is -0.282 e. The van der Waals surface area contributed by atoms with Crippen LogP contribution in [0.3, 0.4) is 0 Å². The molecule has 1 heterocycles. The summed E-state index contributed by atoms with van der Waals surface area (Å²) >= 11 is 0. The van der Waals surface area contributed by atoms with E-state index in [-0.39, 0.29) is 0 Å². The molecule has 1 aromatic carbocycles. The number of rotatable bonds is 3. The van der Waals surface area contributed by atoms with Crippen LogP contribution in [0.15, 0.2) is 30.5 Å². The molecule has 0 spiro atoms. The van der Waals surface area contributed by atoms with Crippen molar-refractivity contribution in [1.29, 1.82) is 0 Å². The van der Waals surface area contributed by atoms with Crippen molar-refractivity contribution in [1.82, 2.24) is 15.0 Å². The van der Waals surface area contributed by atoms with Crippen LogP contribution < -0.4 is 0 Å². The highest BCUT2D eigenvalue weighted by atomic mass is 19.4. The quantitative estimate of drug-likeness (QED) is 0.804. The molecule has 0 saturated heterocycles. The van der Waals surface area contributed by atoms with Crippen LogP contribution in [0.2, 0.25) is 0 Å². The van der Waals surface area contributed by atoms with E-state index in [9.17, 15) is 18.0 Å². The molecule has 100 valence electrons. The van der Waals surface area contributed by atoms with Gasteiger partial charge in [0.15, 0.2) is 5.69 Å². The zero-order chi connectivity index (χ0) is 14.0. The van der Waals surface area contributed by atoms with Crippen molar-refractivity contribution < 1.29 is 18.0 Å². The van der Waals surface area contributed by atoms with E-state index in [4.69, 9.17) is 0 Å². The lowest BCUT2D eigenvalue weighted by atomic mass is 10.1. The van der Waals surface area contributed by atoms with E-state index < -0.39 is 17.7 Å². The van der Waals surface area contributed by atoms with Gasteiger partial charge in [0.2, 0.25) is 0 Å². The maximum Gasteiger partial charge on any atom is 0.456 e. The van der Waals surface area contributed by atoms with Crippen molar-refractivity contribution in [2.45, 2.75) is 19.5 Å². The average molecular weight is 269 g/mol. The number of aromatic nitrogens is 3. The lowest BCUT2D eigenvalue weighted by Crippen LogP contribution is -2.23. The number of halogens is 3. The Morgan fingerprint density at radius 3 is 2.42 bits per heavy atom. The van der Waals surface area contributed by atoms with Gasteiger partial charge in [0, 0.05) is 0 Å². The van der Waals surface area contributed by atoms with Crippen molar-refractivity contribution >= 4 is 5.78 Å². The van der Waals surface area contributed by atoms with Crippen LogP contribution >= 0.6 is 0 Å². The maximum absolute atomic E-state index is 12.2. The molecular weight excluding hydrogens is 259 g/mol. The predicted molar refractivity (Wildman–Crippen MR) is 61.1 cm³/mol. The Kier molecular flexibility index (Phi) is 3.37. The molecule has 19 heavy (non-hydrogen) atoms. The van der Waals surface area contributed by atoms with Gasteiger partial charge < -0.3 is 0 Å². The lowest BCUT2D eigenvalue weighted by Gasteiger charge is -2.01. The number of benzene rings is 1. The summed E-state index contributed by atoms with van der Waals surface area (Å²) in [4.78, 5) is 11.0. The number of nitrogens with zero attached hydrogens (tertiary/aromatic N) is 3. The zero-order valence-electron chi connectivity index (χ0n) is 9.98. The molecule has 0 atom stereocenters. The Hall–Kier alpha value is -2.18.